The lowest BCUT2D eigenvalue weighted by molar-refractivity contribution is 0.0943. The molecular formula is C15H16BrIO. The van der Waals surface area contributed by atoms with Crippen molar-refractivity contribution in [2.75, 3.05) is 0 Å². The second-order valence-electron chi connectivity index (χ2n) is 5.69. The summed E-state index contributed by atoms with van der Waals surface area (Å²) < 4.78 is 2.07. The van der Waals surface area contributed by atoms with E-state index in [1.54, 1.807) is 0 Å². The minimum Gasteiger partial charge on any atom is -0.294 e. The predicted octanol–water partition coefficient (Wildman–Crippen LogP) is 5.06. The van der Waals surface area contributed by atoms with Crippen LogP contribution in [0.2, 0.25) is 0 Å². The second kappa shape index (κ2) is 5.23. The van der Waals surface area contributed by atoms with Crippen molar-refractivity contribution in [3.8, 4) is 0 Å². The number of carbonyl (C=O) groups is 1. The third kappa shape index (κ3) is 2.53. The summed E-state index contributed by atoms with van der Waals surface area (Å²) in [6.07, 6.45) is 6.18. The molecule has 0 aliphatic heterocycles. The Hall–Kier alpha value is 0.1000. The first-order valence-electron chi connectivity index (χ1n) is 6.61. The molecule has 0 aromatic heterocycles. The van der Waals surface area contributed by atoms with Crippen molar-refractivity contribution in [1.29, 1.82) is 0 Å². The highest BCUT2D eigenvalue weighted by Gasteiger charge is 2.40. The first-order valence-corrected chi connectivity index (χ1v) is 8.49. The van der Waals surface area contributed by atoms with E-state index < -0.39 is 0 Å². The van der Waals surface area contributed by atoms with Crippen LogP contribution >= 0.6 is 38.5 Å². The molecule has 3 heteroatoms. The summed E-state index contributed by atoms with van der Waals surface area (Å²) >= 11 is 5.76. The first-order chi connectivity index (χ1) is 8.63. The lowest BCUT2D eigenvalue weighted by Gasteiger charge is -2.21. The molecule has 18 heavy (non-hydrogen) atoms. The van der Waals surface area contributed by atoms with Crippen LogP contribution in [0.15, 0.2) is 22.7 Å². The number of halogens is 2. The van der Waals surface area contributed by atoms with Gasteiger partial charge in [-0.15, -0.1) is 0 Å². The Morgan fingerprint density at radius 1 is 1.33 bits per heavy atom. The Balaban J connectivity index is 1.73. The van der Waals surface area contributed by atoms with Gasteiger partial charge in [0.1, 0.15) is 0 Å². The Morgan fingerprint density at radius 2 is 2.17 bits per heavy atom. The number of benzene rings is 1. The summed E-state index contributed by atoms with van der Waals surface area (Å²) in [7, 11) is 0. The monoisotopic (exact) mass is 418 g/mol. The van der Waals surface area contributed by atoms with Gasteiger partial charge in [-0.2, -0.15) is 0 Å². The fourth-order valence-corrected chi connectivity index (χ4v) is 4.64. The molecule has 2 saturated carbocycles. The van der Waals surface area contributed by atoms with E-state index in [9.17, 15) is 4.79 Å². The van der Waals surface area contributed by atoms with E-state index in [0.29, 0.717) is 11.7 Å². The minimum absolute atomic E-state index is 0.318. The Bertz CT molecular complexity index is 485. The van der Waals surface area contributed by atoms with Crippen molar-refractivity contribution in [2.45, 2.75) is 32.1 Å². The smallest absolute Gasteiger partial charge is 0.164 e. The maximum Gasteiger partial charge on any atom is 0.164 e. The molecule has 3 unspecified atom stereocenters. The summed E-state index contributed by atoms with van der Waals surface area (Å²) in [5.74, 6) is 2.73. The van der Waals surface area contributed by atoms with Crippen molar-refractivity contribution in [2.24, 2.45) is 17.8 Å². The van der Waals surface area contributed by atoms with Crippen LogP contribution < -0.4 is 0 Å². The highest BCUT2D eigenvalue weighted by molar-refractivity contribution is 14.1. The second-order valence-corrected chi connectivity index (χ2v) is 7.79. The van der Waals surface area contributed by atoms with E-state index in [0.717, 1.165) is 31.9 Å². The minimum atomic E-state index is 0.318. The van der Waals surface area contributed by atoms with Crippen molar-refractivity contribution in [3.63, 3.8) is 0 Å². The number of carbonyl (C=O) groups excluding carboxylic acids is 1. The average Bonchev–Trinajstić information content (AvgIpc) is 2.94. The molecule has 2 fully saturated rings. The third-order valence-corrected chi connectivity index (χ3v) is 5.92. The van der Waals surface area contributed by atoms with Crippen LogP contribution in [0.4, 0.5) is 0 Å². The van der Waals surface area contributed by atoms with Gasteiger partial charge in [-0.1, -0.05) is 22.4 Å². The molecule has 96 valence electrons. The molecule has 0 amide bonds. The van der Waals surface area contributed by atoms with Gasteiger partial charge in [-0.25, -0.2) is 0 Å². The van der Waals surface area contributed by atoms with Gasteiger partial charge in [-0.05, 0) is 77.8 Å². The SMILES string of the molecule is O=C(CC1CC2CCC1C2)c1cc(I)ccc1Br. The van der Waals surface area contributed by atoms with Crippen molar-refractivity contribution < 1.29 is 4.79 Å². The Morgan fingerprint density at radius 3 is 2.83 bits per heavy atom. The van der Waals surface area contributed by atoms with E-state index in [-0.39, 0.29) is 0 Å². The van der Waals surface area contributed by atoms with Crippen molar-refractivity contribution >= 4 is 44.3 Å². The van der Waals surface area contributed by atoms with Crippen molar-refractivity contribution in [3.05, 3.63) is 31.8 Å². The van der Waals surface area contributed by atoms with Crippen LogP contribution in [0.25, 0.3) is 0 Å². The molecule has 0 heterocycles. The molecule has 3 rings (SSSR count). The normalized spacial score (nSPS) is 29.8. The first kappa shape index (κ1) is 13.1. The Labute approximate surface area is 130 Å². The highest BCUT2D eigenvalue weighted by Crippen LogP contribution is 2.49. The molecule has 1 nitrogen and oxygen atoms in total. The van der Waals surface area contributed by atoms with E-state index in [1.165, 1.54) is 25.7 Å². The summed E-state index contributed by atoms with van der Waals surface area (Å²) in [5, 5.41) is 0. The quantitative estimate of drug-likeness (QED) is 0.495. The molecule has 2 bridgehead atoms. The van der Waals surface area contributed by atoms with Crippen LogP contribution in [0, 0.1) is 21.3 Å². The number of fused-ring (bicyclic) bond motifs is 2. The third-order valence-electron chi connectivity index (χ3n) is 4.56. The molecule has 0 spiro atoms. The van der Waals surface area contributed by atoms with E-state index in [4.69, 9.17) is 0 Å². The van der Waals surface area contributed by atoms with E-state index >= 15 is 0 Å². The number of Topliss-reactive ketones (excluding diaryl/α,β-unsaturated/α-hetero) is 1. The molecule has 3 atom stereocenters. The predicted molar refractivity (Wildman–Crippen MR) is 84.7 cm³/mol. The summed E-state index contributed by atoms with van der Waals surface area (Å²) in [5.41, 5.74) is 0.865. The zero-order valence-corrected chi connectivity index (χ0v) is 13.9. The highest BCUT2D eigenvalue weighted by atomic mass is 127. The van der Waals surface area contributed by atoms with Gasteiger partial charge in [0.15, 0.2) is 5.78 Å². The van der Waals surface area contributed by atoms with Gasteiger partial charge in [0.2, 0.25) is 0 Å². The topological polar surface area (TPSA) is 17.1 Å². The zero-order chi connectivity index (χ0) is 12.7. The lowest BCUT2D eigenvalue weighted by Crippen LogP contribution is -2.15. The number of rotatable bonds is 3. The van der Waals surface area contributed by atoms with Crippen LogP contribution in [-0.2, 0) is 0 Å². The van der Waals surface area contributed by atoms with Crippen LogP contribution in [0.1, 0.15) is 42.5 Å². The van der Waals surface area contributed by atoms with Crippen LogP contribution in [0.3, 0.4) is 0 Å². The standard InChI is InChI=1S/C15H16BrIO/c16-14-4-3-12(17)8-13(14)15(18)7-11-6-9-1-2-10(11)5-9/h3-4,8-11H,1-2,5-7H2. The van der Waals surface area contributed by atoms with Gasteiger partial charge in [-0.3, -0.25) is 4.79 Å². The number of hydrogen-bond donors (Lipinski definition) is 0. The van der Waals surface area contributed by atoms with Gasteiger partial charge in [0.05, 0.1) is 0 Å². The van der Waals surface area contributed by atoms with Crippen molar-refractivity contribution in [1.82, 2.24) is 0 Å². The summed E-state index contributed by atoms with van der Waals surface area (Å²) in [6, 6.07) is 6.01. The number of ketones is 1. The maximum absolute atomic E-state index is 12.4. The molecule has 1 aromatic carbocycles. The Kier molecular flexibility index (Phi) is 3.81. The van der Waals surface area contributed by atoms with Crippen LogP contribution in [-0.4, -0.2) is 5.78 Å². The molecule has 0 N–H and O–H groups in total. The largest absolute Gasteiger partial charge is 0.294 e. The fraction of sp³-hybridized carbons (Fsp3) is 0.533. The van der Waals surface area contributed by atoms with Gasteiger partial charge in [0, 0.05) is 20.0 Å². The molecule has 0 saturated heterocycles. The van der Waals surface area contributed by atoms with E-state index in [1.807, 2.05) is 18.2 Å². The summed E-state index contributed by atoms with van der Waals surface area (Å²) in [6.45, 7) is 0. The van der Waals surface area contributed by atoms with E-state index in [2.05, 4.69) is 38.5 Å². The fourth-order valence-electron chi connectivity index (χ4n) is 3.69. The average molecular weight is 419 g/mol. The molecule has 0 radical (unpaired) electrons. The molecule has 1 aromatic rings. The van der Waals surface area contributed by atoms with Gasteiger partial charge in [0.25, 0.3) is 0 Å². The summed E-state index contributed by atoms with van der Waals surface area (Å²) in [4.78, 5) is 12.4. The zero-order valence-electron chi connectivity index (χ0n) is 10.2. The molecule has 2 aliphatic rings. The van der Waals surface area contributed by atoms with Gasteiger partial charge < -0.3 is 0 Å². The molecule has 2 aliphatic carbocycles. The maximum atomic E-state index is 12.4. The lowest BCUT2D eigenvalue weighted by atomic mass is 9.84. The molecular weight excluding hydrogens is 403 g/mol. The van der Waals surface area contributed by atoms with Gasteiger partial charge >= 0.3 is 0 Å². The number of hydrogen-bond acceptors (Lipinski definition) is 1. The van der Waals surface area contributed by atoms with Crippen LogP contribution in [0.5, 0.6) is 0 Å².